The molecular weight excluding hydrogens is 408 g/mol. The van der Waals surface area contributed by atoms with Gasteiger partial charge in [-0.15, -0.1) is 0 Å². The fourth-order valence-corrected chi connectivity index (χ4v) is 3.12. The van der Waals surface area contributed by atoms with Crippen molar-refractivity contribution in [2.24, 2.45) is 0 Å². The monoisotopic (exact) mass is 423 g/mol. The van der Waals surface area contributed by atoms with E-state index in [0.29, 0.717) is 21.9 Å². The number of hydrogen-bond donors (Lipinski definition) is 3. The Bertz CT molecular complexity index is 885. The molecule has 2 aromatic rings. The van der Waals surface area contributed by atoms with Crippen LogP contribution >= 0.6 is 23.2 Å². The minimum absolute atomic E-state index is 0.0284. The van der Waals surface area contributed by atoms with Crippen LogP contribution in [0.1, 0.15) is 38.7 Å². The molecule has 10 heteroatoms. The first kappa shape index (κ1) is 21.9. The average Bonchev–Trinajstić information content (AvgIpc) is 2.65. The van der Waals surface area contributed by atoms with Gasteiger partial charge in [-0.2, -0.15) is 0 Å². The first-order valence-corrected chi connectivity index (χ1v) is 8.79. The maximum absolute atomic E-state index is 12.6. The third-order valence-electron chi connectivity index (χ3n) is 3.95. The molecular formula is C18H16BCl2NO6. The number of carbonyl (C=O) groups excluding carboxylic acids is 3. The Labute approximate surface area is 171 Å². The van der Waals surface area contributed by atoms with Crippen LogP contribution in [0.5, 0.6) is 0 Å². The fourth-order valence-electron chi connectivity index (χ4n) is 2.57. The Morgan fingerprint density at radius 3 is 2.36 bits per heavy atom. The van der Waals surface area contributed by atoms with Crippen molar-refractivity contribution in [2.75, 3.05) is 7.11 Å². The van der Waals surface area contributed by atoms with Crippen molar-refractivity contribution in [1.82, 2.24) is 5.32 Å². The van der Waals surface area contributed by atoms with Crippen molar-refractivity contribution < 1.29 is 29.2 Å². The first-order valence-electron chi connectivity index (χ1n) is 8.04. The molecule has 146 valence electrons. The molecule has 0 heterocycles. The lowest BCUT2D eigenvalue weighted by Crippen LogP contribution is -2.34. The van der Waals surface area contributed by atoms with Gasteiger partial charge in [0.25, 0.3) is 5.91 Å². The van der Waals surface area contributed by atoms with Crippen molar-refractivity contribution in [2.45, 2.75) is 12.5 Å². The van der Waals surface area contributed by atoms with E-state index in [4.69, 9.17) is 23.2 Å². The minimum Gasteiger partial charge on any atom is -0.469 e. The van der Waals surface area contributed by atoms with Crippen molar-refractivity contribution in [3.8, 4) is 0 Å². The summed E-state index contributed by atoms with van der Waals surface area (Å²) in [6.07, 6.45) is 0.237. The SMILES string of the molecule is COC(=O)C[C@H](NC(=O)c1ccc(B(O)O)c(C=O)c1)c1cc(Cl)cc(Cl)c1. The second-order valence-electron chi connectivity index (χ2n) is 5.84. The van der Waals surface area contributed by atoms with Crippen molar-refractivity contribution in [3.63, 3.8) is 0 Å². The van der Waals surface area contributed by atoms with Gasteiger partial charge in [0, 0.05) is 21.2 Å². The number of rotatable bonds is 7. The van der Waals surface area contributed by atoms with Gasteiger partial charge >= 0.3 is 13.1 Å². The summed E-state index contributed by atoms with van der Waals surface area (Å²) in [4.78, 5) is 35.6. The van der Waals surface area contributed by atoms with Gasteiger partial charge in [0.05, 0.1) is 19.6 Å². The second-order valence-corrected chi connectivity index (χ2v) is 6.72. The molecule has 0 unspecified atom stereocenters. The van der Waals surface area contributed by atoms with Crippen LogP contribution in [-0.2, 0) is 9.53 Å². The van der Waals surface area contributed by atoms with Crippen molar-refractivity contribution in [3.05, 3.63) is 63.1 Å². The third kappa shape index (κ3) is 5.56. The third-order valence-corrected chi connectivity index (χ3v) is 4.38. The number of esters is 1. The van der Waals surface area contributed by atoms with Crippen LogP contribution in [0.15, 0.2) is 36.4 Å². The zero-order valence-electron chi connectivity index (χ0n) is 14.7. The lowest BCUT2D eigenvalue weighted by molar-refractivity contribution is -0.141. The molecule has 0 aliphatic carbocycles. The molecule has 0 radical (unpaired) electrons. The number of amides is 1. The lowest BCUT2D eigenvalue weighted by Gasteiger charge is -2.19. The number of nitrogens with one attached hydrogen (secondary N) is 1. The largest absolute Gasteiger partial charge is 0.489 e. The summed E-state index contributed by atoms with van der Waals surface area (Å²) in [5, 5.41) is 21.8. The van der Waals surface area contributed by atoms with Crippen LogP contribution in [0.4, 0.5) is 0 Å². The van der Waals surface area contributed by atoms with Gasteiger partial charge in [0.15, 0.2) is 0 Å². The van der Waals surface area contributed by atoms with Crippen LogP contribution in [-0.4, -0.2) is 42.4 Å². The highest BCUT2D eigenvalue weighted by Crippen LogP contribution is 2.26. The summed E-state index contributed by atoms with van der Waals surface area (Å²) < 4.78 is 4.67. The van der Waals surface area contributed by atoms with E-state index in [0.717, 1.165) is 0 Å². The molecule has 28 heavy (non-hydrogen) atoms. The van der Waals surface area contributed by atoms with Crippen LogP contribution in [0.2, 0.25) is 10.0 Å². The summed E-state index contributed by atoms with van der Waals surface area (Å²) in [5.74, 6) is -1.15. The van der Waals surface area contributed by atoms with Gasteiger partial charge in [-0.3, -0.25) is 14.4 Å². The first-order chi connectivity index (χ1) is 13.2. The summed E-state index contributed by atoms with van der Waals surface area (Å²) in [7, 11) is -0.625. The molecule has 0 bridgehead atoms. The van der Waals surface area contributed by atoms with E-state index in [9.17, 15) is 24.4 Å². The van der Waals surface area contributed by atoms with Gasteiger partial charge < -0.3 is 20.1 Å². The van der Waals surface area contributed by atoms with E-state index in [1.54, 1.807) is 12.1 Å². The number of ether oxygens (including phenoxy) is 1. The van der Waals surface area contributed by atoms with Crippen molar-refractivity contribution >= 4 is 53.9 Å². The molecule has 0 saturated heterocycles. The zero-order valence-corrected chi connectivity index (χ0v) is 16.2. The van der Waals surface area contributed by atoms with E-state index >= 15 is 0 Å². The summed E-state index contributed by atoms with van der Waals surface area (Å²) >= 11 is 12.0. The van der Waals surface area contributed by atoms with E-state index in [1.807, 2.05) is 0 Å². The molecule has 2 rings (SSSR count). The number of methoxy groups -OCH3 is 1. The number of aldehydes is 1. The summed E-state index contributed by atoms with van der Waals surface area (Å²) in [5.41, 5.74) is 0.515. The number of halogens is 2. The number of carbonyl (C=O) groups is 3. The zero-order chi connectivity index (χ0) is 20.8. The maximum atomic E-state index is 12.6. The fraction of sp³-hybridized carbons (Fsp3) is 0.167. The van der Waals surface area contributed by atoms with E-state index < -0.39 is 25.0 Å². The van der Waals surface area contributed by atoms with Gasteiger partial charge in [-0.25, -0.2) is 0 Å². The smallest absolute Gasteiger partial charge is 0.469 e. The standard InChI is InChI=1S/C18H16BCl2NO6/c1-28-17(24)8-16(11-5-13(20)7-14(21)6-11)22-18(25)10-2-3-15(19(26)27)12(4-10)9-23/h2-7,9,16,26-27H,8H2,1H3,(H,22,25)/t16-/m0/s1. The molecule has 0 aliphatic heterocycles. The molecule has 0 spiro atoms. The molecule has 3 N–H and O–H groups in total. The molecule has 0 aromatic heterocycles. The van der Waals surface area contributed by atoms with Crippen LogP contribution in [0.3, 0.4) is 0 Å². The number of hydrogen-bond acceptors (Lipinski definition) is 6. The van der Waals surface area contributed by atoms with Crippen molar-refractivity contribution in [1.29, 1.82) is 0 Å². The Kier molecular flexibility index (Phi) is 7.59. The van der Waals surface area contributed by atoms with E-state index in [-0.39, 0.29) is 23.0 Å². The van der Waals surface area contributed by atoms with Gasteiger partial charge in [-0.05, 0) is 41.4 Å². The molecule has 0 fully saturated rings. The highest BCUT2D eigenvalue weighted by Gasteiger charge is 2.22. The topological polar surface area (TPSA) is 113 Å². The Hall–Kier alpha value is -2.39. The Morgan fingerprint density at radius 2 is 1.82 bits per heavy atom. The minimum atomic E-state index is -1.85. The van der Waals surface area contributed by atoms with Gasteiger partial charge in [0.1, 0.15) is 6.29 Å². The van der Waals surface area contributed by atoms with E-state index in [2.05, 4.69) is 10.1 Å². The molecule has 1 amide bonds. The van der Waals surface area contributed by atoms with Crippen LogP contribution in [0, 0.1) is 0 Å². The van der Waals surface area contributed by atoms with Crippen LogP contribution < -0.4 is 10.8 Å². The average molecular weight is 424 g/mol. The van der Waals surface area contributed by atoms with E-state index in [1.165, 1.54) is 31.4 Å². The lowest BCUT2D eigenvalue weighted by atomic mass is 9.77. The predicted octanol–water partition coefficient (Wildman–Crippen LogP) is 1.52. The predicted molar refractivity (Wildman–Crippen MR) is 105 cm³/mol. The quantitative estimate of drug-likeness (QED) is 0.353. The number of benzene rings is 2. The Balaban J connectivity index is 2.34. The van der Waals surface area contributed by atoms with Gasteiger partial charge in [0.2, 0.25) is 0 Å². The normalized spacial score (nSPS) is 11.5. The maximum Gasteiger partial charge on any atom is 0.489 e. The summed E-state index contributed by atoms with van der Waals surface area (Å²) in [6, 6.07) is 7.65. The molecule has 0 aliphatic rings. The van der Waals surface area contributed by atoms with Crippen LogP contribution in [0.25, 0.3) is 0 Å². The summed E-state index contributed by atoms with van der Waals surface area (Å²) in [6.45, 7) is 0. The molecule has 2 aromatic carbocycles. The highest BCUT2D eigenvalue weighted by atomic mass is 35.5. The molecule has 0 saturated carbocycles. The Morgan fingerprint density at radius 1 is 1.18 bits per heavy atom. The second kappa shape index (κ2) is 9.70. The molecule has 1 atom stereocenters. The van der Waals surface area contributed by atoms with Gasteiger partial charge in [-0.1, -0.05) is 29.3 Å². The molecule has 7 nitrogen and oxygen atoms in total. The highest BCUT2D eigenvalue weighted by molar-refractivity contribution is 6.60.